The molecule has 170 valence electrons. The van der Waals surface area contributed by atoms with Gasteiger partial charge in [0, 0.05) is 48.5 Å². The number of hydrogen-bond donors (Lipinski definition) is 1. The number of ketones is 1. The Morgan fingerprint density at radius 1 is 1.09 bits per heavy atom. The van der Waals surface area contributed by atoms with E-state index < -0.39 is 0 Å². The molecule has 7 nitrogen and oxygen atoms in total. The molecular formula is C25H28O7. The fourth-order valence-electron chi connectivity index (χ4n) is 5.00. The molecule has 4 unspecified atom stereocenters. The van der Waals surface area contributed by atoms with Gasteiger partial charge in [-0.25, -0.2) is 0 Å². The van der Waals surface area contributed by atoms with Gasteiger partial charge in [0.05, 0.1) is 19.8 Å². The van der Waals surface area contributed by atoms with Crippen LogP contribution < -0.4 is 23.7 Å². The molecule has 0 fully saturated rings. The molecule has 4 atom stereocenters. The van der Waals surface area contributed by atoms with Crippen molar-refractivity contribution in [2.45, 2.75) is 44.8 Å². The van der Waals surface area contributed by atoms with E-state index in [4.69, 9.17) is 23.7 Å². The molecule has 0 saturated carbocycles. The number of fused-ring (bicyclic) bond motifs is 6. The third-order valence-electron chi connectivity index (χ3n) is 6.87. The Morgan fingerprint density at radius 2 is 1.84 bits per heavy atom. The topological polar surface area (TPSA) is 83.5 Å². The first-order chi connectivity index (χ1) is 15.4. The minimum Gasteiger partial charge on any atom is -0.493 e. The summed E-state index contributed by atoms with van der Waals surface area (Å²) in [6.45, 7) is 4.25. The molecule has 3 heterocycles. The molecule has 0 aliphatic carbocycles. The smallest absolute Gasteiger partial charge is 0.167 e. The normalized spacial score (nSPS) is 23.9. The van der Waals surface area contributed by atoms with Gasteiger partial charge in [0.2, 0.25) is 0 Å². The van der Waals surface area contributed by atoms with E-state index in [1.807, 2.05) is 32.0 Å². The van der Waals surface area contributed by atoms with Crippen molar-refractivity contribution in [3.63, 3.8) is 0 Å². The van der Waals surface area contributed by atoms with Crippen LogP contribution in [0.1, 0.15) is 46.3 Å². The highest BCUT2D eigenvalue weighted by molar-refractivity contribution is 6.02. The Labute approximate surface area is 187 Å². The van der Waals surface area contributed by atoms with Crippen LogP contribution in [0, 0.1) is 12.8 Å². The van der Waals surface area contributed by atoms with E-state index in [9.17, 15) is 9.90 Å². The van der Waals surface area contributed by atoms with Crippen LogP contribution in [0.15, 0.2) is 18.2 Å². The number of carbonyl (C=O) groups is 1. The molecule has 0 radical (unpaired) electrons. The molecule has 32 heavy (non-hydrogen) atoms. The van der Waals surface area contributed by atoms with Gasteiger partial charge in [0.1, 0.15) is 36.1 Å². The largest absolute Gasteiger partial charge is 0.493 e. The van der Waals surface area contributed by atoms with Crippen LogP contribution in [0.4, 0.5) is 0 Å². The molecule has 0 saturated heterocycles. The lowest BCUT2D eigenvalue weighted by atomic mass is 9.85. The number of ether oxygens (including phenoxy) is 5. The van der Waals surface area contributed by atoms with Gasteiger partial charge in [0.25, 0.3) is 0 Å². The third kappa shape index (κ3) is 3.18. The molecule has 0 bridgehead atoms. The first kappa shape index (κ1) is 20.9. The van der Waals surface area contributed by atoms with Gasteiger partial charge in [-0.15, -0.1) is 0 Å². The first-order valence-corrected chi connectivity index (χ1v) is 11.0. The molecule has 3 aliphatic heterocycles. The summed E-state index contributed by atoms with van der Waals surface area (Å²) >= 11 is 0. The molecule has 0 aromatic heterocycles. The van der Waals surface area contributed by atoms with Gasteiger partial charge >= 0.3 is 0 Å². The van der Waals surface area contributed by atoms with Crippen molar-refractivity contribution in [1.29, 1.82) is 0 Å². The number of hydrogen-bond acceptors (Lipinski definition) is 7. The van der Waals surface area contributed by atoms with Crippen molar-refractivity contribution in [3.8, 4) is 28.7 Å². The van der Waals surface area contributed by atoms with Gasteiger partial charge in [-0.1, -0.05) is 6.92 Å². The lowest BCUT2D eigenvalue weighted by molar-refractivity contribution is 0.0809. The molecule has 7 heteroatoms. The van der Waals surface area contributed by atoms with E-state index in [-0.39, 0.29) is 36.4 Å². The number of aliphatic hydroxyl groups is 1. The predicted molar refractivity (Wildman–Crippen MR) is 117 cm³/mol. The summed E-state index contributed by atoms with van der Waals surface area (Å²) < 4.78 is 29.6. The summed E-state index contributed by atoms with van der Waals surface area (Å²) in [5, 5.41) is 9.58. The van der Waals surface area contributed by atoms with Crippen molar-refractivity contribution in [3.05, 3.63) is 40.5 Å². The molecule has 2 aromatic rings. The Bertz CT molecular complexity index is 1080. The number of rotatable bonds is 4. The van der Waals surface area contributed by atoms with Gasteiger partial charge in [-0.05, 0) is 24.6 Å². The van der Waals surface area contributed by atoms with Crippen LogP contribution in [0.25, 0.3) is 0 Å². The van der Waals surface area contributed by atoms with Crippen molar-refractivity contribution < 1.29 is 33.6 Å². The quantitative estimate of drug-likeness (QED) is 0.780. The summed E-state index contributed by atoms with van der Waals surface area (Å²) in [6, 6.07) is 5.62. The Hall–Kier alpha value is -2.93. The summed E-state index contributed by atoms with van der Waals surface area (Å²) in [5.41, 5.74) is 3.26. The monoisotopic (exact) mass is 440 g/mol. The van der Waals surface area contributed by atoms with E-state index in [0.29, 0.717) is 48.0 Å². The highest BCUT2D eigenvalue weighted by Gasteiger charge is 2.42. The van der Waals surface area contributed by atoms with Gasteiger partial charge in [-0.3, -0.25) is 4.79 Å². The highest BCUT2D eigenvalue weighted by Crippen LogP contribution is 2.49. The van der Waals surface area contributed by atoms with Crippen LogP contribution in [0.5, 0.6) is 28.7 Å². The number of carbonyl (C=O) groups excluding carboxylic acids is 1. The second-order valence-electron chi connectivity index (χ2n) is 8.84. The van der Waals surface area contributed by atoms with Crippen molar-refractivity contribution in [1.82, 2.24) is 0 Å². The summed E-state index contributed by atoms with van der Waals surface area (Å²) in [6.07, 6.45) is 0.470. The molecule has 3 aliphatic rings. The minimum absolute atomic E-state index is 0.0140. The van der Waals surface area contributed by atoms with E-state index in [2.05, 4.69) is 0 Å². The first-order valence-electron chi connectivity index (χ1n) is 11.0. The number of benzene rings is 2. The summed E-state index contributed by atoms with van der Waals surface area (Å²) in [5.74, 6) is 3.09. The fraction of sp³-hybridized carbons (Fsp3) is 0.480. The number of aryl methyl sites for hydroxylation is 1. The standard InChI is InChI=1S/C25H28O7/c1-12-5-20-16(8-18(31-20)13(2)10-26)25-24(12)17(27)6-14-15-7-21(28-3)22(29-4)9-19(15)30-11-23(14)32-25/h5,7,9,13-14,18,23,26H,6,8,10-11H2,1-4H3. The lowest BCUT2D eigenvalue weighted by Gasteiger charge is -2.32. The minimum atomic E-state index is -0.314. The summed E-state index contributed by atoms with van der Waals surface area (Å²) in [7, 11) is 3.17. The SMILES string of the molecule is COc1cc2c(cc1OC)C1CC(=O)c3c(C)cc4c(c3OC1CO2)CC(C(C)CO)O4. The maximum absolute atomic E-state index is 13.5. The molecule has 5 rings (SSSR count). The van der Waals surface area contributed by atoms with Crippen molar-refractivity contribution in [2.75, 3.05) is 27.4 Å². The number of aliphatic hydroxyl groups excluding tert-OH is 1. The second kappa shape index (κ2) is 7.89. The fourth-order valence-corrected chi connectivity index (χ4v) is 5.00. The highest BCUT2D eigenvalue weighted by atomic mass is 16.5. The molecule has 2 aromatic carbocycles. The van der Waals surface area contributed by atoms with Gasteiger partial charge in [-0.2, -0.15) is 0 Å². The van der Waals surface area contributed by atoms with Gasteiger partial charge < -0.3 is 28.8 Å². The Kier molecular flexibility index (Phi) is 5.16. The zero-order valence-corrected chi connectivity index (χ0v) is 18.8. The zero-order chi connectivity index (χ0) is 22.6. The lowest BCUT2D eigenvalue weighted by Crippen LogP contribution is -2.35. The zero-order valence-electron chi connectivity index (χ0n) is 18.8. The van der Waals surface area contributed by atoms with Gasteiger partial charge in [0.15, 0.2) is 17.3 Å². The van der Waals surface area contributed by atoms with Crippen molar-refractivity contribution >= 4 is 5.78 Å². The van der Waals surface area contributed by atoms with E-state index >= 15 is 0 Å². The van der Waals surface area contributed by atoms with Crippen LogP contribution >= 0.6 is 0 Å². The van der Waals surface area contributed by atoms with Crippen LogP contribution in [0.3, 0.4) is 0 Å². The maximum Gasteiger partial charge on any atom is 0.167 e. The molecule has 0 amide bonds. The van der Waals surface area contributed by atoms with Crippen LogP contribution in [-0.4, -0.2) is 50.5 Å². The molecule has 0 spiro atoms. The number of methoxy groups -OCH3 is 2. The summed E-state index contributed by atoms with van der Waals surface area (Å²) in [4.78, 5) is 13.5. The number of Topliss-reactive ketones (excluding diaryl/α,β-unsaturated/α-hetero) is 1. The molecule has 1 N–H and O–H groups in total. The van der Waals surface area contributed by atoms with Crippen LogP contribution in [-0.2, 0) is 6.42 Å². The average molecular weight is 440 g/mol. The Morgan fingerprint density at radius 3 is 2.56 bits per heavy atom. The van der Waals surface area contributed by atoms with E-state index in [0.717, 1.165) is 22.4 Å². The van der Waals surface area contributed by atoms with E-state index in [1.54, 1.807) is 14.2 Å². The second-order valence-corrected chi connectivity index (χ2v) is 8.84. The Balaban J connectivity index is 1.56. The van der Waals surface area contributed by atoms with Crippen molar-refractivity contribution in [2.24, 2.45) is 5.92 Å². The predicted octanol–water partition coefficient (Wildman–Crippen LogP) is 3.45. The molecular weight excluding hydrogens is 412 g/mol. The average Bonchev–Trinajstić information content (AvgIpc) is 3.15. The van der Waals surface area contributed by atoms with Crippen LogP contribution in [0.2, 0.25) is 0 Å². The third-order valence-corrected chi connectivity index (χ3v) is 6.87. The van der Waals surface area contributed by atoms with E-state index in [1.165, 1.54) is 0 Å². The maximum atomic E-state index is 13.5.